The minimum Gasteiger partial charge on any atom is -0.353 e. The van der Waals surface area contributed by atoms with Crippen molar-refractivity contribution < 1.29 is 9.47 Å². The summed E-state index contributed by atoms with van der Waals surface area (Å²) < 4.78 is 11.3. The molecular formula is C9H17NO2. The molecule has 0 radical (unpaired) electrons. The molecule has 0 aromatic rings. The summed E-state index contributed by atoms with van der Waals surface area (Å²) in [4.78, 5) is 0. The largest absolute Gasteiger partial charge is 0.353 e. The minimum atomic E-state index is 0.0867. The maximum atomic E-state index is 5.77. The molecule has 0 aromatic carbocycles. The summed E-state index contributed by atoms with van der Waals surface area (Å²) in [6.45, 7) is 2.97. The molecule has 2 aliphatic rings. The van der Waals surface area contributed by atoms with Crippen LogP contribution in [0.2, 0.25) is 0 Å². The maximum absolute atomic E-state index is 5.77. The van der Waals surface area contributed by atoms with Crippen LogP contribution in [0.4, 0.5) is 0 Å². The average molecular weight is 171 g/mol. The van der Waals surface area contributed by atoms with E-state index in [1.807, 2.05) is 0 Å². The van der Waals surface area contributed by atoms with Gasteiger partial charge in [0.05, 0.1) is 6.10 Å². The van der Waals surface area contributed by atoms with Crippen LogP contribution in [0.25, 0.3) is 0 Å². The van der Waals surface area contributed by atoms with Crippen molar-refractivity contribution in [3.05, 3.63) is 0 Å². The lowest BCUT2D eigenvalue weighted by molar-refractivity contribution is -0.183. The predicted octanol–water partition coefficient (Wildman–Crippen LogP) is 0.891. The van der Waals surface area contributed by atoms with E-state index in [4.69, 9.17) is 9.47 Å². The van der Waals surface area contributed by atoms with Gasteiger partial charge in [0.25, 0.3) is 0 Å². The molecule has 0 unspecified atom stereocenters. The summed E-state index contributed by atoms with van der Waals surface area (Å²) in [6.07, 6.45) is 5.15. The molecular weight excluding hydrogens is 154 g/mol. The third kappa shape index (κ3) is 2.19. The second kappa shape index (κ2) is 4.21. The second-order valence-electron chi connectivity index (χ2n) is 3.55. The van der Waals surface area contributed by atoms with Crippen LogP contribution in [0, 0.1) is 0 Å². The molecule has 12 heavy (non-hydrogen) atoms. The summed E-state index contributed by atoms with van der Waals surface area (Å²) in [6, 6.07) is 0. The van der Waals surface area contributed by atoms with Gasteiger partial charge < -0.3 is 14.8 Å². The Kier molecular flexibility index (Phi) is 2.98. The topological polar surface area (TPSA) is 30.5 Å². The van der Waals surface area contributed by atoms with E-state index in [0.717, 1.165) is 32.5 Å². The summed E-state index contributed by atoms with van der Waals surface area (Å²) in [5, 5.41) is 3.28. The summed E-state index contributed by atoms with van der Waals surface area (Å²) >= 11 is 0. The normalized spacial score (nSPS) is 37.0. The van der Waals surface area contributed by atoms with Gasteiger partial charge in [-0.1, -0.05) is 0 Å². The Labute approximate surface area is 73.4 Å². The summed E-state index contributed by atoms with van der Waals surface area (Å²) in [5.41, 5.74) is 0. The first-order valence-corrected chi connectivity index (χ1v) is 4.93. The summed E-state index contributed by atoms with van der Waals surface area (Å²) in [5.74, 6) is 0. The second-order valence-corrected chi connectivity index (χ2v) is 3.55. The molecule has 1 N–H and O–H groups in total. The van der Waals surface area contributed by atoms with Crippen LogP contribution in [0.5, 0.6) is 0 Å². The SMILES string of the molecule is C1CC[C@H](O[C@@H]2CCNC2)OC1. The van der Waals surface area contributed by atoms with Crippen molar-refractivity contribution in [2.45, 2.75) is 38.1 Å². The zero-order valence-corrected chi connectivity index (χ0v) is 7.42. The fourth-order valence-electron chi connectivity index (χ4n) is 1.78. The molecule has 2 aliphatic heterocycles. The number of hydrogen-bond acceptors (Lipinski definition) is 3. The van der Waals surface area contributed by atoms with E-state index in [9.17, 15) is 0 Å². The lowest BCUT2D eigenvalue weighted by Gasteiger charge is -2.25. The Bertz CT molecular complexity index is 128. The molecule has 0 spiro atoms. The van der Waals surface area contributed by atoms with Crippen molar-refractivity contribution in [2.75, 3.05) is 19.7 Å². The molecule has 70 valence electrons. The lowest BCUT2D eigenvalue weighted by atomic mass is 10.2. The number of hydrogen-bond donors (Lipinski definition) is 1. The van der Waals surface area contributed by atoms with Gasteiger partial charge in [-0.3, -0.25) is 0 Å². The van der Waals surface area contributed by atoms with Crippen LogP contribution in [0.1, 0.15) is 25.7 Å². The molecule has 0 amide bonds. The van der Waals surface area contributed by atoms with E-state index in [1.165, 1.54) is 12.8 Å². The average Bonchev–Trinajstić information content (AvgIpc) is 2.59. The van der Waals surface area contributed by atoms with Crippen molar-refractivity contribution in [1.82, 2.24) is 5.32 Å². The van der Waals surface area contributed by atoms with Crippen molar-refractivity contribution in [3.8, 4) is 0 Å². The van der Waals surface area contributed by atoms with Crippen molar-refractivity contribution >= 4 is 0 Å². The van der Waals surface area contributed by atoms with Gasteiger partial charge in [-0.05, 0) is 32.2 Å². The highest BCUT2D eigenvalue weighted by molar-refractivity contribution is 4.72. The van der Waals surface area contributed by atoms with E-state index < -0.39 is 0 Å². The quantitative estimate of drug-likeness (QED) is 0.669. The Morgan fingerprint density at radius 3 is 2.92 bits per heavy atom. The van der Waals surface area contributed by atoms with Crippen molar-refractivity contribution in [3.63, 3.8) is 0 Å². The third-order valence-corrected chi connectivity index (χ3v) is 2.50. The number of rotatable bonds is 2. The first-order valence-electron chi connectivity index (χ1n) is 4.93. The van der Waals surface area contributed by atoms with E-state index in [2.05, 4.69) is 5.32 Å². The molecule has 0 aromatic heterocycles. The van der Waals surface area contributed by atoms with Crippen molar-refractivity contribution in [1.29, 1.82) is 0 Å². The zero-order valence-electron chi connectivity index (χ0n) is 7.42. The molecule has 0 saturated carbocycles. The molecule has 2 fully saturated rings. The van der Waals surface area contributed by atoms with E-state index in [0.29, 0.717) is 6.10 Å². The zero-order chi connectivity index (χ0) is 8.23. The van der Waals surface area contributed by atoms with Crippen LogP contribution in [0.3, 0.4) is 0 Å². The van der Waals surface area contributed by atoms with E-state index in [-0.39, 0.29) is 6.29 Å². The Balaban J connectivity index is 1.69. The monoisotopic (exact) mass is 171 g/mol. The maximum Gasteiger partial charge on any atom is 0.158 e. The van der Waals surface area contributed by atoms with Gasteiger partial charge in [-0.25, -0.2) is 0 Å². The first-order chi connectivity index (χ1) is 5.95. The highest BCUT2D eigenvalue weighted by Crippen LogP contribution is 2.17. The van der Waals surface area contributed by atoms with Crippen LogP contribution in [0.15, 0.2) is 0 Å². The fraction of sp³-hybridized carbons (Fsp3) is 1.00. The van der Waals surface area contributed by atoms with Gasteiger partial charge in [0.15, 0.2) is 6.29 Å². The van der Waals surface area contributed by atoms with Gasteiger partial charge in [-0.2, -0.15) is 0 Å². The molecule has 2 rings (SSSR count). The van der Waals surface area contributed by atoms with Crippen LogP contribution in [-0.2, 0) is 9.47 Å². The predicted molar refractivity (Wildman–Crippen MR) is 46.0 cm³/mol. The third-order valence-electron chi connectivity index (χ3n) is 2.50. The number of ether oxygens (including phenoxy) is 2. The molecule has 2 saturated heterocycles. The van der Waals surface area contributed by atoms with Crippen LogP contribution in [-0.4, -0.2) is 32.1 Å². The number of nitrogens with one attached hydrogen (secondary N) is 1. The van der Waals surface area contributed by atoms with Crippen molar-refractivity contribution in [2.24, 2.45) is 0 Å². The molecule has 3 heteroatoms. The van der Waals surface area contributed by atoms with Gasteiger partial charge >= 0.3 is 0 Å². The van der Waals surface area contributed by atoms with Crippen LogP contribution >= 0.6 is 0 Å². The highest BCUT2D eigenvalue weighted by Gasteiger charge is 2.21. The smallest absolute Gasteiger partial charge is 0.158 e. The molecule has 0 aliphatic carbocycles. The Morgan fingerprint density at radius 2 is 2.25 bits per heavy atom. The Morgan fingerprint density at radius 1 is 1.25 bits per heavy atom. The molecule has 2 atom stereocenters. The van der Waals surface area contributed by atoms with E-state index >= 15 is 0 Å². The van der Waals surface area contributed by atoms with Gasteiger partial charge in [0.2, 0.25) is 0 Å². The molecule has 0 bridgehead atoms. The minimum absolute atomic E-state index is 0.0867. The van der Waals surface area contributed by atoms with E-state index in [1.54, 1.807) is 0 Å². The lowest BCUT2D eigenvalue weighted by Crippen LogP contribution is -2.29. The first kappa shape index (κ1) is 8.48. The molecule has 3 nitrogen and oxygen atoms in total. The van der Waals surface area contributed by atoms with Gasteiger partial charge in [0, 0.05) is 13.2 Å². The Hall–Kier alpha value is -0.120. The van der Waals surface area contributed by atoms with Crippen LogP contribution < -0.4 is 5.32 Å². The summed E-state index contributed by atoms with van der Waals surface area (Å²) in [7, 11) is 0. The standard InChI is InChI=1S/C9H17NO2/c1-2-6-11-9(3-1)12-8-4-5-10-7-8/h8-10H,1-7H2/t8-,9+/m1/s1. The highest BCUT2D eigenvalue weighted by atomic mass is 16.7. The van der Waals surface area contributed by atoms with Gasteiger partial charge in [-0.15, -0.1) is 0 Å². The fourth-order valence-corrected chi connectivity index (χ4v) is 1.78. The molecule has 2 heterocycles. The van der Waals surface area contributed by atoms with Gasteiger partial charge in [0.1, 0.15) is 0 Å².